The molecule has 0 aliphatic rings. The summed E-state index contributed by atoms with van der Waals surface area (Å²) in [7, 11) is 2.88. The summed E-state index contributed by atoms with van der Waals surface area (Å²) in [5.41, 5.74) is 1.58. The standard InChI is InChI=1S/C19H21NO5/c1-12-16(19(22)24-4)9-6-10-17(12)20-18(21)13(2)25-15-8-5-7-14(11-15)23-3/h5-11,13H,1-4H3,(H,20,21)/t13-/m0/s1. The number of hydrogen-bond donors (Lipinski definition) is 1. The van der Waals surface area contributed by atoms with Gasteiger partial charge in [0.05, 0.1) is 19.8 Å². The van der Waals surface area contributed by atoms with Crippen molar-refractivity contribution in [1.82, 2.24) is 0 Å². The Bertz CT molecular complexity index is 772. The van der Waals surface area contributed by atoms with E-state index >= 15 is 0 Å². The van der Waals surface area contributed by atoms with E-state index in [4.69, 9.17) is 14.2 Å². The number of anilines is 1. The van der Waals surface area contributed by atoms with Gasteiger partial charge in [-0.1, -0.05) is 12.1 Å². The fourth-order valence-electron chi connectivity index (χ4n) is 2.27. The quantitative estimate of drug-likeness (QED) is 0.816. The molecule has 0 aliphatic carbocycles. The lowest BCUT2D eigenvalue weighted by atomic mass is 10.1. The number of methoxy groups -OCH3 is 2. The Morgan fingerprint density at radius 2 is 1.72 bits per heavy atom. The maximum absolute atomic E-state index is 12.4. The summed E-state index contributed by atoms with van der Waals surface area (Å²) in [5.74, 6) is 0.399. The Morgan fingerprint density at radius 1 is 1.04 bits per heavy atom. The molecule has 1 N–H and O–H groups in total. The smallest absolute Gasteiger partial charge is 0.338 e. The monoisotopic (exact) mass is 343 g/mol. The number of hydrogen-bond acceptors (Lipinski definition) is 5. The van der Waals surface area contributed by atoms with Gasteiger partial charge in [-0.2, -0.15) is 0 Å². The van der Waals surface area contributed by atoms with Gasteiger partial charge in [-0.05, 0) is 43.7 Å². The molecular formula is C19H21NO5. The van der Waals surface area contributed by atoms with Crippen LogP contribution in [0.5, 0.6) is 11.5 Å². The average molecular weight is 343 g/mol. The number of benzene rings is 2. The van der Waals surface area contributed by atoms with E-state index in [1.165, 1.54) is 7.11 Å². The van der Waals surface area contributed by atoms with Crippen molar-refractivity contribution in [3.8, 4) is 11.5 Å². The van der Waals surface area contributed by atoms with Crippen LogP contribution in [0.1, 0.15) is 22.8 Å². The molecule has 1 atom stereocenters. The molecule has 25 heavy (non-hydrogen) atoms. The van der Waals surface area contributed by atoms with Crippen LogP contribution in [0.15, 0.2) is 42.5 Å². The fourth-order valence-corrected chi connectivity index (χ4v) is 2.27. The highest BCUT2D eigenvalue weighted by molar-refractivity contribution is 5.98. The van der Waals surface area contributed by atoms with E-state index < -0.39 is 12.1 Å². The van der Waals surface area contributed by atoms with E-state index in [9.17, 15) is 9.59 Å². The first-order valence-electron chi connectivity index (χ1n) is 7.75. The lowest BCUT2D eigenvalue weighted by Crippen LogP contribution is -2.30. The van der Waals surface area contributed by atoms with Crippen molar-refractivity contribution in [2.24, 2.45) is 0 Å². The van der Waals surface area contributed by atoms with Crippen molar-refractivity contribution < 1.29 is 23.8 Å². The number of carbonyl (C=O) groups excluding carboxylic acids is 2. The van der Waals surface area contributed by atoms with Crippen molar-refractivity contribution in [2.75, 3.05) is 19.5 Å². The fraction of sp³-hybridized carbons (Fsp3) is 0.263. The Kier molecular flexibility index (Phi) is 6.00. The molecule has 0 saturated carbocycles. The Hall–Kier alpha value is -3.02. The van der Waals surface area contributed by atoms with Crippen molar-refractivity contribution >= 4 is 17.6 Å². The van der Waals surface area contributed by atoms with E-state index in [0.717, 1.165) is 0 Å². The predicted molar refractivity (Wildman–Crippen MR) is 94.2 cm³/mol. The Labute approximate surface area is 146 Å². The maximum atomic E-state index is 12.4. The summed E-state index contributed by atoms with van der Waals surface area (Å²) in [6.07, 6.45) is -0.728. The molecule has 0 saturated heterocycles. The minimum Gasteiger partial charge on any atom is -0.497 e. The second-order valence-corrected chi connectivity index (χ2v) is 5.40. The van der Waals surface area contributed by atoms with Crippen LogP contribution in [0, 0.1) is 6.92 Å². The molecule has 0 heterocycles. The second kappa shape index (κ2) is 8.19. The van der Waals surface area contributed by atoms with Crippen LogP contribution in [0.25, 0.3) is 0 Å². The summed E-state index contributed by atoms with van der Waals surface area (Å²) in [6.45, 7) is 3.39. The minimum absolute atomic E-state index is 0.326. The minimum atomic E-state index is -0.728. The lowest BCUT2D eigenvalue weighted by molar-refractivity contribution is -0.122. The van der Waals surface area contributed by atoms with Gasteiger partial charge < -0.3 is 19.5 Å². The van der Waals surface area contributed by atoms with Crippen molar-refractivity contribution in [3.63, 3.8) is 0 Å². The molecular weight excluding hydrogens is 322 g/mol. The maximum Gasteiger partial charge on any atom is 0.338 e. The molecule has 0 unspecified atom stereocenters. The van der Waals surface area contributed by atoms with Crippen LogP contribution in [0.4, 0.5) is 5.69 Å². The summed E-state index contributed by atoms with van der Waals surface area (Å²) in [5, 5.41) is 2.78. The average Bonchev–Trinajstić information content (AvgIpc) is 2.62. The highest BCUT2D eigenvalue weighted by Crippen LogP contribution is 2.22. The van der Waals surface area contributed by atoms with Crippen LogP contribution in [0.3, 0.4) is 0 Å². The van der Waals surface area contributed by atoms with E-state index in [1.54, 1.807) is 63.4 Å². The van der Waals surface area contributed by atoms with Crippen molar-refractivity contribution in [2.45, 2.75) is 20.0 Å². The number of ether oxygens (including phenoxy) is 3. The van der Waals surface area contributed by atoms with Crippen LogP contribution < -0.4 is 14.8 Å². The van der Waals surface area contributed by atoms with E-state index in [-0.39, 0.29) is 5.91 Å². The first kappa shape index (κ1) is 18.3. The van der Waals surface area contributed by atoms with E-state index in [2.05, 4.69) is 5.32 Å². The second-order valence-electron chi connectivity index (χ2n) is 5.40. The zero-order valence-electron chi connectivity index (χ0n) is 14.7. The van der Waals surface area contributed by atoms with Gasteiger partial charge in [-0.25, -0.2) is 4.79 Å². The third-order valence-electron chi connectivity index (χ3n) is 3.72. The predicted octanol–water partition coefficient (Wildman–Crippen LogP) is 3.20. The summed E-state index contributed by atoms with van der Waals surface area (Å²) in [4.78, 5) is 24.1. The summed E-state index contributed by atoms with van der Waals surface area (Å²) in [6, 6.07) is 12.1. The lowest BCUT2D eigenvalue weighted by Gasteiger charge is -2.17. The SMILES string of the molecule is COC(=O)c1cccc(NC(=O)[C@H](C)Oc2cccc(OC)c2)c1C. The van der Waals surface area contributed by atoms with Gasteiger partial charge in [0.15, 0.2) is 6.10 Å². The molecule has 0 aromatic heterocycles. The zero-order chi connectivity index (χ0) is 18.4. The molecule has 0 fully saturated rings. The van der Waals surface area contributed by atoms with E-state index in [1.807, 2.05) is 0 Å². The first-order valence-corrected chi connectivity index (χ1v) is 7.75. The van der Waals surface area contributed by atoms with Gasteiger partial charge in [0.2, 0.25) is 0 Å². The molecule has 1 amide bonds. The van der Waals surface area contributed by atoms with Gasteiger partial charge in [0, 0.05) is 11.8 Å². The van der Waals surface area contributed by atoms with Gasteiger partial charge in [-0.3, -0.25) is 4.79 Å². The number of nitrogens with one attached hydrogen (secondary N) is 1. The number of carbonyl (C=O) groups is 2. The van der Waals surface area contributed by atoms with Gasteiger partial charge in [0.1, 0.15) is 11.5 Å². The zero-order valence-corrected chi connectivity index (χ0v) is 14.7. The molecule has 0 aliphatic heterocycles. The third kappa shape index (κ3) is 4.50. The third-order valence-corrected chi connectivity index (χ3v) is 3.72. The van der Waals surface area contributed by atoms with Crippen molar-refractivity contribution in [3.05, 3.63) is 53.6 Å². The summed E-state index contributed by atoms with van der Waals surface area (Å²) >= 11 is 0. The Morgan fingerprint density at radius 3 is 2.40 bits per heavy atom. The van der Waals surface area contributed by atoms with Crippen LogP contribution in [-0.4, -0.2) is 32.2 Å². The molecule has 2 aromatic rings. The van der Waals surface area contributed by atoms with Crippen LogP contribution in [0.2, 0.25) is 0 Å². The molecule has 6 heteroatoms. The molecule has 132 valence electrons. The van der Waals surface area contributed by atoms with Crippen LogP contribution in [-0.2, 0) is 9.53 Å². The number of esters is 1. The largest absolute Gasteiger partial charge is 0.497 e. The van der Waals surface area contributed by atoms with Gasteiger partial charge >= 0.3 is 5.97 Å². The molecule has 0 radical (unpaired) electrons. The van der Waals surface area contributed by atoms with Gasteiger partial charge in [-0.15, -0.1) is 0 Å². The van der Waals surface area contributed by atoms with Crippen LogP contribution >= 0.6 is 0 Å². The number of rotatable bonds is 6. The van der Waals surface area contributed by atoms with E-state index in [0.29, 0.717) is 28.3 Å². The molecule has 2 aromatic carbocycles. The molecule has 2 rings (SSSR count). The molecule has 0 bridgehead atoms. The summed E-state index contributed by atoms with van der Waals surface area (Å²) < 4.78 is 15.5. The number of amides is 1. The normalized spacial score (nSPS) is 11.4. The topological polar surface area (TPSA) is 73.9 Å². The highest BCUT2D eigenvalue weighted by atomic mass is 16.5. The van der Waals surface area contributed by atoms with Gasteiger partial charge in [0.25, 0.3) is 5.91 Å². The first-order chi connectivity index (χ1) is 12.0. The highest BCUT2D eigenvalue weighted by Gasteiger charge is 2.18. The van der Waals surface area contributed by atoms with Crippen molar-refractivity contribution in [1.29, 1.82) is 0 Å². The molecule has 6 nitrogen and oxygen atoms in total. The molecule has 0 spiro atoms. The Balaban J connectivity index is 2.09.